The van der Waals surface area contributed by atoms with Gasteiger partial charge in [0, 0.05) is 0 Å². The van der Waals surface area contributed by atoms with Crippen LogP contribution >= 0.6 is 0 Å². The molecule has 5 unspecified atom stereocenters. The van der Waals surface area contributed by atoms with Gasteiger partial charge in [-0.2, -0.15) is 85.0 Å². The van der Waals surface area contributed by atoms with Crippen molar-refractivity contribution in [2.24, 2.45) is 29.6 Å². The molecule has 0 heterocycles. The average Bonchev–Trinajstić information content (AvgIpc) is 3.17. The molecule has 3 aromatic rings. The Morgan fingerprint density at radius 3 is 1.16 bits per heavy atom. The van der Waals surface area contributed by atoms with Gasteiger partial charge in [-0.1, -0.05) is 71.6 Å². The number of allylic oxidation sites excluding steroid dienone is 4. The van der Waals surface area contributed by atoms with Crippen molar-refractivity contribution >= 4 is 0 Å². The van der Waals surface area contributed by atoms with Crippen molar-refractivity contribution in [2.45, 2.75) is 41.5 Å². The molecule has 0 N–H and O–H groups in total. The number of hydrogen-bond acceptors (Lipinski definition) is 0. The van der Waals surface area contributed by atoms with Gasteiger partial charge in [-0.15, -0.1) is 36.4 Å². The number of benzene rings is 3. The standard InChI is InChI=1S/C15H23.3C7H7.Ti/c1-8-7-9(2)15-13(6)11(4)10(3)12(5)14(8)15;3*1-7-5-3-2-4-6-7;/h8,10-13H,1-6H3;3*2-6H,1H2;/q4*-1;+4. The summed E-state index contributed by atoms with van der Waals surface area (Å²) in [5.41, 5.74) is 7.97. The molecule has 0 amide bonds. The maximum absolute atomic E-state index is 3.72. The van der Waals surface area contributed by atoms with Gasteiger partial charge >= 0.3 is 21.7 Å². The predicted octanol–water partition coefficient (Wildman–Crippen LogP) is 9.84. The van der Waals surface area contributed by atoms with Crippen molar-refractivity contribution in [3.8, 4) is 0 Å². The van der Waals surface area contributed by atoms with E-state index in [1.54, 1.807) is 11.1 Å². The summed E-state index contributed by atoms with van der Waals surface area (Å²) in [6.07, 6.45) is 3.60. The van der Waals surface area contributed by atoms with Crippen LogP contribution in [0.2, 0.25) is 0 Å². The summed E-state index contributed by atoms with van der Waals surface area (Å²) >= 11 is 0. The van der Waals surface area contributed by atoms with Crippen LogP contribution in [-0.4, -0.2) is 0 Å². The first-order valence-electron chi connectivity index (χ1n) is 13.1. The fourth-order valence-electron chi connectivity index (χ4n) is 5.06. The van der Waals surface area contributed by atoms with Crippen LogP contribution in [0.25, 0.3) is 0 Å². The smallest absolute Gasteiger partial charge is 0.266 e. The molecule has 0 radical (unpaired) electrons. The van der Waals surface area contributed by atoms with Crippen LogP contribution < -0.4 is 0 Å². The summed E-state index contributed by atoms with van der Waals surface area (Å²) in [6.45, 7) is 25.3. The van der Waals surface area contributed by atoms with Crippen LogP contribution in [0, 0.1) is 56.4 Å². The Morgan fingerprint density at radius 1 is 0.541 bits per heavy atom. The van der Waals surface area contributed by atoms with E-state index in [9.17, 15) is 0 Å². The summed E-state index contributed by atoms with van der Waals surface area (Å²) < 4.78 is 0. The number of hydrogen-bond donors (Lipinski definition) is 0. The first-order chi connectivity index (χ1) is 17.1. The molecule has 0 saturated heterocycles. The van der Waals surface area contributed by atoms with Gasteiger partial charge in [0.25, 0.3) is 0 Å². The molecule has 0 saturated carbocycles. The molecule has 0 aromatic heterocycles. The van der Waals surface area contributed by atoms with Crippen molar-refractivity contribution in [2.75, 3.05) is 0 Å². The Kier molecular flexibility index (Phi) is 14.3. The largest absolute Gasteiger partial charge is 4.00 e. The van der Waals surface area contributed by atoms with Crippen LogP contribution in [0.15, 0.2) is 108 Å². The Hall–Kier alpha value is -2.54. The van der Waals surface area contributed by atoms with Crippen molar-refractivity contribution in [1.82, 2.24) is 0 Å². The molecule has 1 heteroatoms. The summed E-state index contributed by atoms with van der Waals surface area (Å²) in [7, 11) is 0. The van der Waals surface area contributed by atoms with E-state index in [0.29, 0.717) is 5.92 Å². The molecular weight excluding hydrogens is 480 g/mol. The van der Waals surface area contributed by atoms with Crippen LogP contribution in [-0.2, 0) is 21.7 Å². The van der Waals surface area contributed by atoms with Gasteiger partial charge in [0.1, 0.15) is 0 Å². The second-order valence-electron chi connectivity index (χ2n) is 10.1. The molecule has 0 spiro atoms. The molecule has 0 aliphatic heterocycles. The summed E-state index contributed by atoms with van der Waals surface area (Å²) in [5, 5.41) is 0. The molecule has 0 nitrogen and oxygen atoms in total. The fraction of sp³-hybridized carbons (Fsp3) is 0.306. The van der Waals surface area contributed by atoms with E-state index in [0.717, 1.165) is 40.4 Å². The summed E-state index contributed by atoms with van der Waals surface area (Å²) in [4.78, 5) is 0. The van der Waals surface area contributed by atoms with E-state index in [4.69, 9.17) is 0 Å². The van der Waals surface area contributed by atoms with Crippen LogP contribution in [0.1, 0.15) is 58.2 Å². The zero-order chi connectivity index (χ0) is 26.7. The molecular formula is C36H44Ti. The van der Waals surface area contributed by atoms with Crippen molar-refractivity contribution < 1.29 is 21.7 Å². The quantitative estimate of drug-likeness (QED) is 0.203. The summed E-state index contributed by atoms with van der Waals surface area (Å²) in [5.74, 6) is 3.65. The average molecular weight is 525 g/mol. The topological polar surface area (TPSA) is 0 Å². The zero-order valence-electron chi connectivity index (χ0n) is 23.7. The molecule has 37 heavy (non-hydrogen) atoms. The third-order valence-corrected chi connectivity index (χ3v) is 7.50. The zero-order valence-corrected chi connectivity index (χ0v) is 25.2. The van der Waals surface area contributed by atoms with Crippen molar-refractivity contribution in [3.05, 3.63) is 151 Å². The monoisotopic (exact) mass is 524 g/mol. The molecule has 192 valence electrons. The molecule has 3 aromatic carbocycles. The van der Waals surface area contributed by atoms with Gasteiger partial charge in [0.05, 0.1) is 0 Å². The Bertz CT molecular complexity index is 990. The van der Waals surface area contributed by atoms with Crippen molar-refractivity contribution in [1.29, 1.82) is 0 Å². The second-order valence-corrected chi connectivity index (χ2v) is 10.1. The maximum Gasteiger partial charge on any atom is 4.00 e. The molecule has 5 atom stereocenters. The van der Waals surface area contributed by atoms with Gasteiger partial charge in [0.15, 0.2) is 0 Å². The predicted molar refractivity (Wildman–Crippen MR) is 158 cm³/mol. The molecule has 5 rings (SSSR count). The van der Waals surface area contributed by atoms with Crippen molar-refractivity contribution in [3.63, 3.8) is 0 Å². The van der Waals surface area contributed by atoms with Crippen LogP contribution in [0.3, 0.4) is 0 Å². The molecule has 0 bridgehead atoms. The van der Waals surface area contributed by atoms with Crippen LogP contribution in [0.5, 0.6) is 0 Å². The van der Waals surface area contributed by atoms with E-state index in [1.165, 1.54) is 5.57 Å². The third kappa shape index (κ3) is 10.0. The SMILES string of the molecule is CC1=[C-]C(C)C2=C1C(C)C(C)C(C)C2C.[CH2-]c1ccccc1.[CH2-]c1ccccc1.[CH2-]c1ccccc1.[Ti+4]. The van der Waals surface area contributed by atoms with E-state index < -0.39 is 0 Å². The minimum absolute atomic E-state index is 0. The Labute approximate surface area is 243 Å². The maximum atomic E-state index is 3.72. The normalized spacial score (nSPS) is 23.3. The summed E-state index contributed by atoms with van der Waals surface area (Å²) in [6, 6.07) is 29.6. The minimum atomic E-state index is 0. The first-order valence-corrected chi connectivity index (χ1v) is 13.1. The molecule has 2 aliphatic rings. The Morgan fingerprint density at radius 2 is 0.865 bits per heavy atom. The molecule has 2 aliphatic carbocycles. The van der Waals surface area contributed by atoms with E-state index >= 15 is 0 Å². The van der Waals surface area contributed by atoms with Gasteiger partial charge in [0.2, 0.25) is 0 Å². The third-order valence-electron chi connectivity index (χ3n) is 7.50. The van der Waals surface area contributed by atoms with Gasteiger partial charge in [-0.05, 0) is 17.8 Å². The molecule has 0 fully saturated rings. The number of rotatable bonds is 0. The first kappa shape index (κ1) is 32.5. The Balaban J connectivity index is 0.000000264. The van der Waals surface area contributed by atoms with Gasteiger partial charge in [-0.25, -0.2) is 5.57 Å². The van der Waals surface area contributed by atoms with E-state index in [1.807, 2.05) is 91.0 Å². The van der Waals surface area contributed by atoms with Gasteiger partial charge in [-0.3, -0.25) is 6.08 Å². The fourth-order valence-corrected chi connectivity index (χ4v) is 5.06. The van der Waals surface area contributed by atoms with E-state index in [-0.39, 0.29) is 21.7 Å². The van der Waals surface area contributed by atoms with Gasteiger partial charge < -0.3 is 0 Å². The van der Waals surface area contributed by atoms with E-state index in [2.05, 4.69) is 68.4 Å². The minimum Gasteiger partial charge on any atom is -0.266 e. The van der Waals surface area contributed by atoms with Crippen LogP contribution in [0.4, 0.5) is 0 Å². The second kappa shape index (κ2) is 16.3.